The molecule has 2 rings (SSSR count). The molecule has 1 saturated carbocycles. The van der Waals surface area contributed by atoms with Gasteiger partial charge >= 0.3 is 5.97 Å². The van der Waals surface area contributed by atoms with E-state index in [0.717, 1.165) is 5.56 Å². The Morgan fingerprint density at radius 1 is 1.37 bits per heavy atom. The maximum Gasteiger partial charge on any atom is 0.314 e. The summed E-state index contributed by atoms with van der Waals surface area (Å²) in [5.74, 6) is -0.303. The van der Waals surface area contributed by atoms with Crippen LogP contribution in [-0.4, -0.2) is 18.2 Å². The van der Waals surface area contributed by atoms with Gasteiger partial charge in [0.15, 0.2) is 0 Å². The van der Waals surface area contributed by atoms with E-state index in [9.17, 15) is 9.90 Å². The first-order valence-electron chi connectivity index (χ1n) is 6.34. The molecule has 104 valence electrons. The summed E-state index contributed by atoms with van der Waals surface area (Å²) >= 11 is 6.26. The number of halogens is 1. The van der Waals surface area contributed by atoms with Crippen molar-refractivity contribution in [1.29, 1.82) is 0 Å². The Morgan fingerprint density at radius 3 is 2.32 bits per heavy atom. The first kappa shape index (κ1) is 14.2. The molecule has 1 aromatic rings. The maximum atomic E-state index is 11.5. The molecule has 0 aromatic heterocycles. The highest BCUT2D eigenvalue weighted by Crippen LogP contribution is 2.53. The van der Waals surface area contributed by atoms with Gasteiger partial charge in [-0.05, 0) is 29.9 Å². The van der Waals surface area contributed by atoms with Crippen LogP contribution in [0.5, 0.6) is 5.75 Å². The highest BCUT2D eigenvalue weighted by molar-refractivity contribution is 6.32. The van der Waals surface area contributed by atoms with E-state index < -0.39 is 11.4 Å². The predicted octanol–water partition coefficient (Wildman–Crippen LogP) is 3.76. The van der Waals surface area contributed by atoms with Gasteiger partial charge in [0.2, 0.25) is 0 Å². The third-order valence-electron chi connectivity index (χ3n) is 3.79. The van der Waals surface area contributed by atoms with Gasteiger partial charge in [0.25, 0.3) is 0 Å². The summed E-state index contributed by atoms with van der Waals surface area (Å²) in [6.07, 6.45) is 1.28. The van der Waals surface area contributed by atoms with Crippen LogP contribution in [0.2, 0.25) is 5.02 Å². The summed E-state index contributed by atoms with van der Waals surface area (Å²) in [7, 11) is 1.53. The minimum atomic E-state index is -0.809. The van der Waals surface area contributed by atoms with Crippen molar-refractivity contribution in [2.45, 2.75) is 44.4 Å². The van der Waals surface area contributed by atoms with E-state index >= 15 is 0 Å². The molecule has 4 heteroatoms. The van der Waals surface area contributed by atoms with Crippen molar-refractivity contribution in [2.75, 3.05) is 7.11 Å². The number of carboxylic acids is 1. The Hall–Kier alpha value is -1.22. The second kappa shape index (κ2) is 4.41. The summed E-state index contributed by atoms with van der Waals surface area (Å²) in [6, 6.07) is 3.80. The summed E-state index contributed by atoms with van der Waals surface area (Å²) in [6.45, 7) is 6.24. The van der Waals surface area contributed by atoms with Crippen LogP contribution < -0.4 is 4.74 Å². The first-order valence-corrected chi connectivity index (χ1v) is 6.72. The van der Waals surface area contributed by atoms with E-state index in [4.69, 9.17) is 16.3 Å². The van der Waals surface area contributed by atoms with E-state index in [1.807, 2.05) is 12.1 Å². The molecule has 0 heterocycles. The molecule has 1 aliphatic carbocycles. The zero-order valence-corrected chi connectivity index (χ0v) is 12.5. The Morgan fingerprint density at radius 2 is 1.95 bits per heavy atom. The van der Waals surface area contributed by atoms with Crippen molar-refractivity contribution >= 4 is 17.6 Å². The number of carboxylic acid groups (broad SMARTS) is 1. The van der Waals surface area contributed by atoms with Gasteiger partial charge in [0.1, 0.15) is 5.75 Å². The molecule has 0 saturated heterocycles. The number of hydrogen-bond donors (Lipinski definition) is 1. The second-order valence-electron chi connectivity index (χ2n) is 6.18. The summed E-state index contributed by atoms with van der Waals surface area (Å²) in [5, 5.41) is 9.95. The third kappa shape index (κ3) is 2.32. The number of ether oxygens (including phenoxy) is 1. The Labute approximate surface area is 118 Å². The first-order chi connectivity index (χ1) is 8.72. The second-order valence-corrected chi connectivity index (χ2v) is 6.58. The summed E-state index contributed by atoms with van der Waals surface area (Å²) in [4.78, 5) is 11.5. The number of methoxy groups -OCH3 is 1. The van der Waals surface area contributed by atoms with Crippen molar-refractivity contribution in [1.82, 2.24) is 0 Å². The lowest BCUT2D eigenvalue weighted by Crippen LogP contribution is -2.22. The average Bonchev–Trinajstić information content (AvgIpc) is 3.07. The quantitative estimate of drug-likeness (QED) is 0.918. The number of rotatable bonds is 3. The largest absolute Gasteiger partial charge is 0.495 e. The van der Waals surface area contributed by atoms with Crippen molar-refractivity contribution in [3.05, 3.63) is 28.3 Å². The number of carbonyl (C=O) groups is 1. The van der Waals surface area contributed by atoms with Gasteiger partial charge in [-0.25, -0.2) is 0 Å². The van der Waals surface area contributed by atoms with Crippen LogP contribution in [0.25, 0.3) is 0 Å². The molecule has 0 spiro atoms. The van der Waals surface area contributed by atoms with E-state index in [1.165, 1.54) is 7.11 Å². The van der Waals surface area contributed by atoms with Crippen LogP contribution >= 0.6 is 11.6 Å². The standard InChI is InChI=1S/C15H19ClO3/c1-14(2,3)9-7-10(12(19-4)11(16)8-9)15(5-6-15)13(17)18/h7-8H,5-6H2,1-4H3,(H,17,18). The van der Waals surface area contributed by atoms with Gasteiger partial charge in [-0.15, -0.1) is 0 Å². The summed E-state index contributed by atoms with van der Waals surface area (Å²) < 4.78 is 5.33. The van der Waals surface area contributed by atoms with Gasteiger partial charge in [-0.2, -0.15) is 0 Å². The van der Waals surface area contributed by atoms with E-state index in [2.05, 4.69) is 20.8 Å². The highest BCUT2D eigenvalue weighted by atomic mass is 35.5. The maximum absolute atomic E-state index is 11.5. The topological polar surface area (TPSA) is 46.5 Å². The molecule has 0 aliphatic heterocycles. The molecule has 1 aromatic carbocycles. The Kier molecular flexibility index (Phi) is 3.29. The van der Waals surface area contributed by atoms with Crippen LogP contribution in [0.1, 0.15) is 44.7 Å². The highest BCUT2D eigenvalue weighted by Gasteiger charge is 2.54. The monoisotopic (exact) mass is 282 g/mol. The molecule has 3 nitrogen and oxygen atoms in total. The zero-order valence-electron chi connectivity index (χ0n) is 11.7. The minimum absolute atomic E-state index is 0.0841. The molecule has 0 atom stereocenters. The fourth-order valence-electron chi connectivity index (χ4n) is 2.31. The van der Waals surface area contributed by atoms with Crippen LogP contribution in [0.15, 0.2) is 12.1 Å². The zero-order chi connectivity index (χ0) is 14.4. The van der Waals surface area contributed by atoms with Crippen LogP contribution in [0, 0.1) is 0 Å². The lowest BCUT2D eigenvalue weighted by atomic mass is 9.83. The van der Waals surface area contributed by atoms with Crippen LogP contribution in [-0.2, 0) is 15.6 Å². The number of hydrogen-bond acceptors (Lipinski definition) is 2. The SMILES string of the molecule is COc1c(Cl)cc(C(C)(C)C)cc1C1(C(=O)O)CC1. The molecule has 0 amide bonds. The van der Waals surface area contributed by atoms with Gasteiger partial charge in [-0.3, -0.25) is 4.79 Å². The third-order valence-corrected chi connectivity index (χ3v) is 4.07. The van der Waals surface area contributed by atoms with Crippen LogP contribution in [0.3, 0.4) is 0 Å². The molecular weight excluding hydrogens is 264 g/mol. The van der Waals surface area contributed by atoms with Gasteiger partial charge < -0.3 is 9.84 Å². The Balaban J connectivity index is 2.65. The molecule has 0 bridgehead atoms. The van der Waals surface area contributed by atoms with E-state index in [0.29, 0.717) is 29.2 Å². The molecule has 0 unspecified atom stereocenters. The Bertz CT molecular complexity index is 525. The summed E-state index contributed by atoms with van der Waals surface area (Å²) in [5.41, 5.74) is 0.843. The lowest BCUT2D eigenvalue weighted by Gasteiger charge is -2.24. The lowest BCUT2D eigenvalue weighted by molar-refractivity contribution is -0.140. The molecule has 19 heavy (non-hydrogen) atoms. The normalized spacial score (nSPS) is 17.1. The van der Waals surface area contributed by atoms with Crippen molar-refractivity contribution in [2.24, 2.45) is 0 Å². The molecule has 1 fully saturated rings. The smallest absolute Gasteiger partial charge is 0.314 e. The van der Waals surface area contributed by atoms with Gasteiger partial charge in [0.05, 0.1) is 17.5 Å². The fourth-order valence-corrected chi connectivity index (χ4v) is 2.61. The number of aliphatic carboxylic acids is 1. The number of benzene rings is 1. The van der Waals surface area contributed by atoms with Crippen molar-refractivity contribution in [3.8, 4) is 5.75 Å². The molecular formula is C15H19ClO3. The van der Waals surface area contributed by atoms with E-state index in [-0.39, 0.29) is 5.41 Å². The van der Waals surface area contributed by atoms with Crippen LogP contribution in [0.4, 0.5) is 0 Å². The molecule has 1 N–H and O–H groups in total. The minimum Gasteiger partial charge on any atom is -0.495 e. The van der Waals surface area contributed by atoms with E-state index in [1.54, 1.807) is 0 Å². The molecule has 1 aliphatic rings. The van der Waals surface area contributed by atoms with Gasteiger partial charge in [0, 0.05) is 5.56 Å². The molecule has 0 radical (unpaired) electrons. The van der Waals surface area contributed by atoms with Crippen molar-refractivity contribution in [3.63, 3.8) is 0 Å². The predicted molar refractivity (Wildman–Crippen MR) is 75.3 cm³/mol. The van der Waals surface area contributed by atoms with Crippen molar-refractivity contribution < 1.29 is 14.6 Å². The van der Waals surface area contributed by atoms with Gasteiger partial charge in [-0.1, -0.05) is 38.4 Å². The fraction of sp³-hybridized carbons (Fsp3) is 0.533. The average molecular weight is 283 g/mol.